The number of anilines is 1. The molecule has 2 saturated carbocycles. The van der Waals surface area contributed by atoms with Gasteiger partial charge in [0.15, 0.2) is 0 Å². The van der Waals surface area contributed by atoms with E-state index in [4.69, 9.17) is 4.74 Å². The van der Waals surface area contributed by atoms with E-state index in [1.54, 1.807) is 39.5 Å². The van der Waals surface area contributed by atoms with Crippen molar-refractivity contribution in [3.63, 3.8) is 0 Å². The second-order valence-corrected chi connectivity index (χ2v) is 15.9. The molecule has 47 heavy (non-hydrogen) atoms. The Morgan fingerprint density at radius 1 is 1.11 bits per heavy atom. The van der Waals surface area contributed by atoms with Crippen LogP contribution in [0.25, 0.3) is 0 Å². The molecule has 1 saturated heterocycles. The van der Waals surface area contributed by atoms with Crippen LogP contribution in [-0.2, 0) is 20.4 Å². The van der Waals surface area contributed by atoms with E-state index in [9.17, 15) is 32.3 Å². The predicted octanol–water partition coefficient (Wildman–Crippen LogP) is 6.45. The van der Waals surface area contributed by atoms with Gasteiger partial charge in [-0.05, 0) is 78.9 Å². The molecule has 2 spiro atoms. The molecule has 4 aliphatic rings. The average molecular weight is 683 g/mol. The second-order valence-electron chi connectivity index (χ2n) is 14.4. The number of benzene rings is 1. The number of piperidine rings is 1. The van der Waals surface area contributed by atoms with Crippen LogP contribution in [0.1, 0.15) is 95.5 Å². The number of alkyl halides is 3. The minimum Gasteiger partial charge on any atom is -0.453 e. The van der Waals surface area contributed by atoms with Crippen LogP contribution >= 0.6 is 11.8 Å². The summed E-state index contributed by atoms with van der Waals surface area (Å²) in [6.07, 6.45) is -1.35. The van der Waals surface area contributed by atoms with Gasteiger partial charge in [-0.3, -0.25) is 9.59 Å². The number of likely N-dealkylation sites (tertiary alicyclic amines) is 1. The van der Waals surface area contributed by atoms with Crippen molar-refractivity contribution in [2.24, 2.45) is 5.41 Å². The third kappa shape index (κ3) is 7.03. The highest BCUT2D eigenvalue weighted by Gasteiger charge is 2.61. The van der Waals surface area contributed by atoms with Gasteiger partial charge in [0.1, 0.15) is 5.60 Å². The van der Waals surface area contributed by atoms with Crippen LogP contribution in [0.3, 0.4) is 0 Å². The molecule has 3 fully saturated rings. The first-order chi connectivity index (χ1) is 21.9. The minimum absolute atomic E-state index is 0.00235. The quantitative estimate of drug-likeness (QED) is 0.367. The van der Waals surface area contributed by atoms with Gasteiger partial charge < -0.3 is 29.5 Å². The molecule has 2 heterocycles. The summed E-state index contributed by atoms with van der Waals surface area (Å²) in [4.78, 5) is 57.8. The Labute approximate surface area is 278 Å². The van der Waals surface area contributed by atoms with Crippen molar-refractivity contribution < 1.29 is 41.8 Å². The number of nitrogens with zero attached hydrogens (tertiary/aromatic N) is 3. The van der Waals surface area contributed by atoms with Gasteiger partial charge in [0.2, 0.25) is 5.91 Å². The van der Waals surface area contributed by atoms with Gasteiger partial charge in [-0.15, -0.1) is 11.8 Å². The van der Waals surface area contributed by atoms with Crippen LogP contribution in [0.5, 0.6) is 0 Å². The number of fused-ring (bicyclic) bond motifs is 1. The number of ether oxygens (including phenoxy) is 2. The predicted molar refractivity (Wildman–Crippen MR) is 170 cm³/mol. The summed E-state index contributed by atoms with van der Waals surface area (Å²) in [7, 11) is 1.21. The fraction of sp³-hybridized carbons (Fsp3) is 0.697. The number of nitrogens with one attached hydrogen (secondary N) is 1. The van der Waals surface area contributed by atoms with E-state index >= 15 is 0 Å². The van der Waals surface area contributed by atoms with E-state index in [-0.39, 0.29) is 35.6 Å². The Kier molecular flexibility index (Phi) is 9.50. The van der Waals surface area contributed by atoms with Crippen molar-refractivity contribution in [2.75, 3.05) is 38.2 Å². The van der Waals surface area contributed by atoms with Crippen LogP contribution in [-0.4, -0.2) is 89.5 Å². The topological polar surface area (TPSA) is 108 Å². The Hall–Kier alpha value is -3.16. The first-order valence-electron chi connectivity index (χ1n) is 16.3. The van der Waals surface area contributed by atoms with E-state index in [0.717, 1.165) is 37.1 Å². The number of rotatable bonds is 6. The highest BCUT2D eigenvalue weighted by molar-refractivity contribution is 8.01. The van der Waals surface area contributed by atoms with Gasteiger partial charge in [-0.25, -0.2) is 9.59 Å². The number of carbonyl (C=O) groups excluding carboxylic acids is 4. The fourth-order valence-electron chi connectivity index (χ4n) is 7.38. The number of hydrogen-bond donors (Lipinski definition) is 1. The molecule has 0 radical (unpaired) electrons. The largest absolute Gasteiger partial charge is 0.453 e. The molecule has 4 amide bonds. The summed E-state index contributed by atoms with van der Waals surface area (Å²) < 4.78 is 53.7. The van der Waals surface area contributed by atoms with Crippen molar-refractivity contribution in [2.45, 2.75) is 113 Å². The SMILES string of the molecule is COC(=O)NCCN1C(=O)C2(CCCC2)Sc2cc(C(F)(F)F)c(C(=O)N(C(C)C)[C@H]3CC34CCCN(C(=O)OC(C)(C)C)C4)cc21. The van der Waals surface area contributed by atoms with E-state index < -0.39 is 57.2 Å². The molecule has 2 atom stereocenters. The highest BCUT2D eigenvalue weighted by Crippen LogP contribution is 2.57. The summed E-state index contributed by atoms with van der Waals surface area (Å²) in [5, 5.41) is 2.54. The van der Waals surface area contributed by atoms with E-state index in [1.165, 1.54) is 23.0 Å². The van der Waals surface area contributed by atoms with E-state index in [1.807, 2.05) is 0 Å². The summed E-state index contributed by atoms with van der Waals surface area (Å²) in [5.41, 5.74) is -2.44. The van der Waals surface area contributed by atoms with Crippen LogP contribution in [0, 0.1) is 5.41 Å². The highest BCUT2D eigenvalue weighted by atomic mass is 32.2. The minimum atomic E-state index is -4.83. The normalized spacial score (nSPS) is 23.6. The Morgan fingerprint density at radius 3 is 2.38 bits per heavy atom. The number of thioether (sulfide) groups is 1. The molecule has 1 aromatic rings. The Bertz CT molecular complexity index is 1420. The molecule has 260 valence electrons. The molecular weight excluding hydrogens is 637 g/mol. The zero-order chi connectivity index (χ0) is 34.5. The molecule has 2 aliphatic heterocycles. The molecule has 0 bridgehead atoms. The molecule has 10 nitrogen and oxygen atoms in total. The van der Waals surface area contributed by atoms with Gasteiger partial charge >= 0.3 is 18.4 Å². The van der Waals surface area contributed by atoms with Crippen molar-refractivity contribution in [3.8, 4) is 0 Å². The van der Waals surface area contributed by atoms with Crippen LogP contribution in [0.4, 0.5) is 28.4 Å². The molecular formula is C33H45F3N4O6S. The van der Waals surface area contributed by atoms with Crippen molar-refractivity contribution in [1.82, 2.24) is 15.1 Å². The standard InChI is InChI=1S/C33H45F3N4O6S/c1-20(2)40(25-18-31(25)10-9-14-38(19-31)29(44)46-30(3,4)5)26(41)21-16-23-24(17-22(21)33(34,35)36)47-32(11-7-8-12-32)27(42)39(23)15-13-37-28(43)45-6/h16-17,20,25H,7-15,18-19H2,1-6H3,(H,37,43)/t25-,31?/m0/s1. The van der Waals surface area contributed by atoms with Crippen LogP contribution in [0.2, 0.25) is 0 Å². The maximum Gasteiger partial charge on any atom is 0.417 e. The number of halogens is 3. The van der Waals surface area contributed by atoms with Gasteiger partial charge in [0.05, 0.1) is 28.7 Å². The smallest absolute Gasteiger partial charge is 0.417 e. The monoisotopic (exact) mass is 682 g/mol. The Morgan fingerprint density at radius 2 is 1.79 bits per heavy atom. The lowest BCUT2D eigenvalue weighted by Gasteiger charge is -2.41. The lowest BCUT2D eigenvalue weighted by atomic mass is 9.93. The lowest BCUT2D eigenvalue weighted by molar-refractivity contribution is -0.138. The fourth-order valence-corrected chi connectivity index (χ4v) is 8.95. The summed E-state index contributed by atoms with van der Waals surface area (Å²) in [5.74, 6) is -0.999. The third-order valence-corrected chi connectivity index (χ3v) is 11.1. The van der Waals surface area contributed by atoms with Gasteiger partial charge in [0, 0.05) is 48.6 Å². The summed E-state index contributed by atoms with van der Waals surface area (Å²) in [6, 6.07) is 1.44. The molecule has 5 rings (SSSR count). The average Bonchev–Trinajstić information content (AvgIpc) is 3.41. The summed E-state index contributed by atoms with van der Waals surface area (Å²) in [6.45, 7) is 9.80. The lowest BCUT2D eigenvalue weighted by Crippen LogP contribution is -2.51. The van der Waals surface area contributed by atoms with Crippen LogP contribution < -0.4 is 10.2 Å². The molecule has 1 aromatic carbocycles. The van der Waals surface area contributed by atoms with E-state index in [0.29, 0.717) is 38.8 Å². The number of alkyl carbamates (subject to hydrolysis) is 1. The molecule has 1 unspecified atom stereocenters. The number of amides is 4. The zero-order valence-electron chi connectivity index (χ0n) is 27.9. The maximum absolute atomic E-state index is 14.8. The van der Waals surface area contributed by atoms with Gasteiger partial charge in [-0.2, -0.15) is 13.2 Å². The first-order valence-corrected chi connectivity index (χ1v) is 17.1. The molecule has 14 heteroatoms. The first kappa shape index (κ1) is 35.2. The molecule has 2 aliphatic carbocycles. The second kappa shape index (κ2) is 12.7. The Balaban J connectivity index is 1.50. The van der Waals surface area contributed by atoms with Gasteiger partial charge in [0.25, 0.3) is 5.91 Å². The zero-order valence-corrected chi connectivity index (χ0v) is 28.7. The van der Waals surface area contributed by atoms with Crippen LogP contribution in [0.15, 0.2) is 17.0 Å². The van der Waals surface area contributed by atoms with Gasteiger partial charge in [-0.1, -0.05) is 12.8 Å². The van der Waals surface area contributed by atoms with E-state index in [2.05, 4.69) is 10.1 Å². The third-order valence-electron chi connectivity index (χ3n) is 9.60. The number of carbonyl (C=O) groups is 4. The summed E-state index contributed by atoms with van der Waals surface area (Å²) >= 11 is 1.15. The number of hydrogen-bond acceptors (Lipinski definition) is 7. The molecule has 0 aromatic heterocycles. The molecule has 1 N–H and O–H groups in total. The van der Waals surface area contributed by atoms with Crippen molar-refractivity contribution >= 4 is 41.5 Å². The maximum atomic E-state index is 14.8. The van der Waals surface area contributed by atoms with Crippen molar-refractivity contribution in [3.05, 3.63) is 23.3 Å². The van der Waals surface area contributed by atoms with Crippen molar-refractivity contribution in [1.29, 1.82) is 0 Å². The number of methoxy groups -OCH3 is 1.